The van der Waals surface area contributed by atoms with E-state index >= 15 is 0 Å². The summed E-state index contributed by atoms with van der Waals surface area (Å²) in [5.41, 5.74) is 25.9. The van der Waals surface area contributed by atoms with Crippen LogP contribution >= 0.6 is 0 Å². The van der Waals surface area contributed by atoms with Crippen LogP contribution in [0.25, 0.3) is 33.4 Å². The molecule has 9 aromatic carbocycles. The third kappa shape index (κ3) is 6.94. The summed E-state index contributed by atoms with van der Waals surface area (Å²) < 4.78 is 0. The zero-order chi connectivity index (χ0) is 53.0. The maximum Gasteiger partial charge on any atom is 0.251 e. The molecular weight excluding hydrogens is 946 g/mol. The van der Waals surface area contributed by atoms with E-state index in [0.29, 0.717) is 0 Å². The second-order valence-corrected chi connectivity index (χ2v) is 30.4. The number of fused-ring (bicyclic) bond motifs is 3. The minimum Gasteiger partial charge on any atom is -0.334 e. The first-order valence-electron chi connectivity index (χ1n) is 28.4. The molecule has 2 unspecified atom stereocenters. The van der Waals surface area contributed by atoms with Gasteiger partial charge >= 0.3 is 0 Å². The predicted octanol–water partition coefficient (Wildman–Crippen LogP) is 16.2. The number of anilines is 8. The molecule has 1 saturated carbocycles. The van der Waals surface area contributed by atoms with E-state index in [4.69, 9.17) is 0 Å². The fourth-order valence-electron chi connectivity index (χ4n) is 15.0. The van der Waals surface area contributed by atoms with Crippen LogP contribution in [0, 0.1) is 0 Å². The van der Waals surface area contributed by atoms with E-state index in [1.54, 1.807) is 10.4 Å². The molecule has 14 rings (SSSR count). The van der Waals surface area contributed by atoms with Crippen LogP contribution in [0.4, 0.5) is 45.5 Å². The molecule has 9 aromatic rings. The molecule has 77 heavy (non-hydrogen) atoms. The molecule has 4 heterocycles. The lowest BCUT2D eigenvalue weighted by molar-refractivity contribution is 0.195. The minimum atomic E-state index is -2.30. The van der Waals surface area contributed by atoms with Crippen LogP contribution in [0.2, 0.25) is 13.1 Å². The summed E-state index contributed by atoms with van der Waals surface area (Å²) in [6.45, 7) is 24.5. The SMILES string of the molecule is CC(C)(C)c1ccc(N2c3cc(N4c5ccc(-c6ccccc6)cc5C5(C)CCCCC45C)cc4c3B3c5c2cccc5[Si](C)(C)c2cccc(c23)N4c2ccc(C(C)(C)C)cc2-c2ccccc2)c(-c2ccccc2)c1. The third-order valence-electron chi connectivity index (χ3n) is 19.3. The van der Waals surface area contributed by atoms with Gasteiger partial charge in [-0.3, -0.25) is 0 Å². The van der Waals surface area contributed by atoms with Gasteiger partial charge in [0, 0.05) is 50.7 Å². The van der Waals surface area contributed by atoms with Crippen molar-refractivity contribution < 1.29 is 0 Å². The Bertz CT molecular complexity index is 3690. The monoisotopic (exact) mass is 1020 g/mol. The van der Waals surface area contributed by atoms with Crippen LogP contribution in [0.3, 0.4) is 0 Å². The molecule has 0 N–H and O–H groups in total. The topological polar surface area (TPSA) is 9.72 Å². The van der Waals surface area contributed by atoms with Crippen molar-refractivity contribution in [2.24, 2.45) is 0 Å². The number of rotatable bonds is 6. The highest BCUT2D eigenvalue weighted by Gasteiger charge is 2.59. The van der Waals surface area contributed by atoms with Crippen molar-refractivity contribution in [3.05, 3.63) is 211 Å². The van der Waals surface area contributed by atoms with E-state index in [9.17, 15) is 0 Å². The van der Waals surface area contributed by atoms with Crippen LogP contribution in [0.5, 0.6) is 0 Å². The first kappa shape index (κ1) is 48.1. The van der Waals surface area contributed by atoms with Crippen molar-refractivity contribution >= 4 is 87.0 Å². The van der Waals surface area contributed by atoms with Gasteiger partial charge in [-0.25, -0.2) is 0 Å². The Labute approximate surface area is 459 Å². The molecular formula is C72H70BN3Si. The van der Waals surface area contributed by atoms with Gasteiger partial charge in [0.25, 0.3) is 6.71 Å². The molecule has 0 radical (unpaired) electrons. The molecule has 1 fully saturated rings. The zero-order valence-electron chi connectivity index (χ0n) is 46.7. The lowest BCUT2D eigenvalue weighted by Crippen LogP contribution is -2.79. The fourth-order valence-corrected chi connectivity index (χ4v) is 18.2. The van der Waals surface area contributed by atoms with Gasteiger partial charge in [-0.05, 0) is 147 Å². The van der Waals surface area contributed by atoms with Gasteiger partial charge in [0.15, 0.2) is 0 Å². The van der Waals surface area contributed by atoms with Gasteiger partial charge in [0.05, 0.1) is 16.9 Å². The lowest BCUT2D eigenvalue weighted by Gasteiger charge is -2.52. The van der Waals surface area contributed by atoms with E-state index in [0.717, 1.165) is 12.8 Å². The van der Waals surface area contributed by atoms with E-state index in [1.165, 1.54) is 125 Å². The van der Waals surface area contributed by atoms with Crippen LogP contribution in [-0.2, 0) is 16.2 Å². The van der Waals surface area contributed by atoms with Crippen LogP contribution in [0.1, 0.15) is 97.8 Å². The largest absolute Gasteiger partial charge is 0.334 e. The second-order valence-electron chi connectivity index (χ2n) is 26.0. The van der Waals surface area contributed by atoms with Gasteiger partial charge in [0.2, 0.25) is 0 Å². The third-order valence-corrected chi connectivity index (χ3v) is 22.9. The molecule has 0 saturated heterocycles. The maximum atomic E-state index is 2.83. The van der Waals surface area contributed by atoms with Crippen molar-refractivity contribution in [2.45, 2.75) is 116 Å². The summed E-state index contributed by atoms with van der Waals surface area (Å²) in [6, 6.07) is 75.5. The molecule has 0 spiro atoms. The smallest absolute Gasteiger partial charge is 0.251 e. The van der Waals surface area contributed by atoms with E-state index < -0.39 is 8.07 Å². The van der Waals surface area contributed by atoms with Gasteiger partial charge in [-0.15, -0.1) is 0 Å². The van der Waals surface area contributed by atoms with E-state index in [1.807, 2.05) is 0 Å². The first-order chi connectivity index (χ1) is 37.0. The van der Waals surface area contributed by atoms with E-state index in [-0.39, 0.29) is 28.5 Å². The summed E-state index contributed by atoms with van der Waals surface area (Å²) in [4.78, 5) is 8.29. The number of nitrogens with zero attached hydrogens (tertiary/aromatic N) is 3. The van der Waals surface area contributed by atoms with Gasteiger partial charge in [-0.2, -0.15) is 0 Å². The Balaban J connectivity index is 1.13. The van der Waals surface area contributed by atoms with Crippen molar-refractivity contribution in [1.29, 1.82) is 0 Å². The minimum absolute atomic E-state index is 0.0408. The van der Waals surface area contributed by atoms with Crippen LogP contribution in [-0.4, -0.2) is 20.3 Å². The highest BCUT2D eigenvalue weighted by molar-refractivity contribution is 7.16. The highest BCUT2D eigenvalue weighted by Crippen LogP contribution is 2.62. The van der Waals surface area contributed by atoms with Crippen LogP contribution < -0.4 is 41.5 Å². The number of hydrogen-bond acceptors (Lipinski definition) is 3. The summed E-state index contributed by atoms with van der Waals surface area (Å²) in [5, 5.41) is 3.09. The molecule has 5 aliphatic rings. The first-order valence-corrected chi connectivity index (χ1v) is 31.4. The van der Waals surface area contributed by atoms with Crippen molar-refractivity contribution in [3.8, 4) is 33.4 Å². The van der Waals surface area contributed by atoms with Gasteiger partial charge in [0.1, 0.15) is 8.07 Å². The lowest BCUT2D eigenvalue weighted by atomic mass is 9.33. The van der Waals surface area contributed by atoms with Crippen molar-refractivity contribution in [3.63, 3.8) is 0 Å². The summed E-state index contributed by atoms with van der Waals surface area (Å²) >= 11 is 0. The normalized spacial score (nSPS) is 19.5. The Morgan fingerprint density at radius 2 is 0.883 bits per heavy atom. The standard InChI is InChI=1S/C72H70BN3Si/c1-69(2,3)51-35-38-57(54(43-51)48-26-16-12-17-27-48)74-60-30-22-32-64-67(60)73-66-62(74)45-53(76-59-37-34-50(47-24-14-11-15-25-47)42-56(59)71(7)40-20-21-41-72(71,76)8)46-63(66)75(61-31-23-33-65(68(61)73)77(64,9)10)58-39-36-52(70(4,5)6)44-55(58)49-28-18-13-19-29-49/h11-19,22-39,42-46H,20-21,40-41H2,1-10H3. The zero-order valence-corrected chi connectivity index (χ0v) is 47.7. The van der Waals surface area contributed by atoms with Crippen molar-refractivity contribution in [1.82, 2.24) is 0 Å². The maximum absolute atomic E-state index is 2.83. The Morgan fingerprint density at radius 3 is 1.38 bits per heavy atom. The molecule has 1 aliphatic carbocycles. The molecule has 380 valence electrons. The molecule has 0 bridgehead atoms. The second kappa shape index (κ2) is 16.8. The Hall–Kier alpha value is -7.34. The Kier molecular flexibility index (Phi) is 10.5. The molecule has 5 heteroatoms. The molecule has 3 nitrogen and oxygen atoms in total. The molecule has 2 atom stereocenters. The molecule has 4 aliphatic heterocycles. The predicted molar refractivity (Wildman–Crippen MR) is 334 cm³/mol. The van der Waals surface area contributed by atoms with Crippen molar-refractivity contribution in [2.75, 3.05) is 14.7 Å². The van der Waals surface area contributed by atoms with Gasteiger partial charge < -0.3 is 14.7 Å². The highest BCUT2D eigenvalue weighted by atomic mass is 28.3. The summed E-state index contributed by atoms with van der Waals surface area (Å²) in [5.74, 6) is 0. The molecule has 0 aromatic heterocycles. The average Bonchev–Trinajstić information content (AvgIpc) is 3.82. The average molecular weight is 1020 g/mol. The fraction of sp³-hybridized carbons (Fsp3) is 0.250. The quantitative estimate of drug-likeness (QED) is 0.154. The summed E-state index contributed by atoms with van der Waals surface area (Å²) in [6.07, 6.45) is 4.69. The number of hydrogen-bond donors (Lipinski definition) is 0. The van der Waals surface area contributed by atoms with Gasteiger partial charge in [-0.1, -0.05) is 218 Å². The number of benzene rings is 9. The van der Waals surface area contributed by atoms with E-state index in [2.05, 4.69) is 277 Å². The summed E-state index contributed by atoms with van der Waals surface area (Å²) in [7, 11) is -2.30. The Morgan fingerprint density at radius 1 is 0.416 bits per heavy atom. The van der Waals surface area contributed by atoms with Crippen LogP contribution in [0.15, 0.2) is 194 Å². The molecule has 0 amide bonds.